The molecule has 120 valence electrons. The molecule has 3 aromatic rings. The second-order valence-corrected chi connectivity index (χ2v) is 4.92. The molecule has 0 saturated heterocycles. The fourth-order valence-corrected chi connectivity index (χ4v) is 2.04. The second kappa shape index (κ2) is 5.41. The summed E-state index contributed by atoms with van der Waals surface area (Å²) in [4.78, 5) is 3.33. The van der Waals surface area contributed by atoms with E-state index in [2.05, 4.69) is 19.8 Å². The van der Waals surface area contributed by atoms with Crippen molar-refractivity contribution in [3.05, 3.63) is 47.5 Å². The highest BCUT2D eigenvalue weighted by Gasteiger charge is 2.38. The van der Waals surface area contributed by atoms with Crippen LogP contribution in [0.4, 0.5) is 13.2 Å². The van der Waals surface area contributed by atoms with E-state index in [1.807, 2.05) is 0 Å². The van der Waals surface area contributed by atoms with E-state index in [-0.39, 0.29) is 11.7 Å². The number of benzene rings is 1. The van der Waals surface area contributed by atoms with Gasteiger partial charge in [0.05, 0.1) is 6.54 Å². The molecule has 0 aliphatic rings. The molecule has 0 bridgehead atoms. The number of alkyl halides is 3. The number of hydrogen-bond acceptors (Lipinski definition) is 5. The molecule has 0 radical (unpaired) electrons. The molecule has 9 heteroatoms. The van der Waals surface area contributed by atoms with Gasteiger partial charge >= 0.3 is 12.1 Å². The lowest BCUT2D eigenvalue weighted by molar-refractivity contribution is -0.159. The first kappa shape index (κ1) is 15.1. The second-order valence-electron chi connectivity index (χ2n) is 4.92. The van der Waals surface area contributed by atoms with Crippen LogP contribution in [0.5, 0.6) is 5.88 Å². The van der Waals surface area contributed by atoms with Crippen LogP contribution in [0.25, 0.3) is 11.4 Å². The van der Waals surface area contributed by atoms with E-state index in [9.17, 15) is 18.3 Å². The highest BCUT2D eigenvalue weighted by atomic mass is 19.4. The normalized spacial score (nSPS) is 11.8. The molecule has 6 nitrogen and oxygen atoms in total. The predicted octanol–water partition coefficient (Wildman–Crippen LogP) is 3.01. The molecule has 1 N–H and O–H groups in total. The third-order valence-corrected chi connectivity index (χ3v) is 3.18. The summed E-state index contributed by atoms with van der Waals surface area (Å²) in [6.45, 7) is 2.23. The summed E-state index contributed by atoms with van der Waals surface area (Å²) in [5.74, 6) is -1.57. The molecule has 3 rings (SSSR count). The van der Waals surface area contributed by atoms with Crippen LogP contribution in [0.3, 0.4) is 0 Å². The van der Waals surface area contributed by atoms with Crippen LogP contribution in [0, 0.1) is 6.92 Å². The lowest BCUT2D eigenvalue weighted by atomic mass is 10.1. The van der Waals surface area contributed by atoms with Gasteiger partial charge < -0.3 is 9.63 Å². The Balaban J connectivity index is 1.79. The van der Waals surface area contributed by atoms with Crippen molar-refractivity contribution < 1.29 is 22.8 Å². The molecule has 0 amide bonds. The fraction of sp³-hybridized carbons (Fsp3) is 0.214. The van der Waals surface area contributed by atoms with Gasteiger partial charge in [-0.05, 0) is 12.5 Å². The van der Waals surface area contributed by atoms with Crippen molar-refractivity contribution in [2.75, 3.05) is 0 Å². The summed E-state index contributed by atoms with van der Waals surface area (Å²) in [5, 5.41) is 16.6. The molecular weight excluding hydrogens is 313 g/mol. The van der Waals surface area contributed by atoms with Gasteiger partial charge in [-0.2, -0.15) is 18.2 Å². The first-order valence-corrected chi connectivity index (χ1v) is 6.56. The summed E-state index contributed by atoms with van der Waals surface area (Å²) in [7, 11) is 0. The van der Waals surface area contributed by atoms with Crippen molar-refractivity contribution in [1.29, 1.82) is 0 Å². The third kappa shape index (κ3) is 3.17. The zero-order valence-corrected chi connectivity index (χ0v) is 11.9. The average molecular weight is 324 g/mol. The minimum absolute atomic E-state index is 0.0643. The lowest BCUT2D eigenvalue weighted by Gasteiger charge is -2.04. The molecule has 0 aliphatic carbocycles. The van der Waals surface area contributed by atoms with Gasteiger partial charge in [-0.25, -0.2) is 0 Å². The molecule has 2 heterocycles. The van der Waals surface area contributed by atoms with Crippen LogP contribution in [0.1, 0.15) is 17.1 Å². The van der Waals surface area contributed by atoms with E-state index in [1.165, 1.54) is 6.07 Å². The van der Waals surface area contributed by atoms with Gasteiger partial charge in [0.15, 0.2) is 0 Å². The smallest absolute Gasteiger partial charge is 0.471 e. The Morgan fingerprint density at radius 3 is 2.43 bits per heavy atom. The number of aromatic nitrogens is 4. The SMILES string of the molecule is Cc1cc(O)nn1Cc1ccc(-c2noc(C(F)(F)F)n2)cc1. The Morgan fingerprint density at radius 1 is 1.22 bits per heavy atom. The maximum atomic E-state index is 12.4. The molecule has 0 spiro atoms. The first-order valence-electron chi connectivity index (χ1n) is 6.56. The molecule has 0 unspecified atom stereocenters. The van der Waals surface area contributed by atoms with E-state index < -0.39 is 12.1 Å². The Morgan fingerprint density at radius 2 is 1.91 bits per heavy atom. The van der Waals surface area contributed by atoms with E-state index in [0.717, 1.165) is 11.3 Å². The average Bonchev–Trinajstić information content (AvgIpc) is 3.07. The molecule has 1 aromatic carbocycles. The Bertz CT molecular complexity index is 821. The van der Waals surface area contributed by atoms with Gasteiger partial charge in [0.1, 0.15) is 0 Å². The van der Waals surface area contributed by atoms with Crippen LogP contribution >= 0.6 is 0 Å². The van der Waals surface area contributed by atoms with Crippen LogP contribution in [-0.4, -0.2) is 25.0 Å². The molecule has 2 aromatic heterocycles. The monoisotopic (exact) mass is 324 g/mol. The van der Waals surface area contributed by atoms with E-state index in [0.29, 0.717) is 12.1 Å². The molecule has 0 fully saturated rings. The molecule has 0 saturated carbocycles. The number of halogens is 3. The van der Waals surface area contributed by atoms with Crippen molar-refractivity contribution in [1.82, 2.24) is 19.9 Å². The van der Waals surface area contributed by atoms with Crippen molar-refractivity contribution >= 4 is 0 Å². The topological polar surface area (TPSA) is 77.0 Å². The first-order chi connectivity index (χ1) is 10.8. The number of aromatic hydroxyl groups is 1. The third-order valence-electron chi connectivity index (χ3n) is 3.18. The summed E-state index contributed by atoms with van der Waals surface area (Å²) in [6, 6.07) is 8.17. The standard InChI is InChI=1S/C14H11F3N4O2/c1-8-6-11(22)19-21(8)7-9-2-4-10(5-3-9)12-18-13(23-20-12)14(15,16)17/h2-6H,7H2,1H3,(H,19,22). The zero-order chi connectivity index (χ0) is 16.6. The van der Waals surface area contributed by atoms with Gasteiger partial charge in [0.2, 0.25) is 11.7 Å². The fourth-order valence-electron chi connectivity index (χ4n) is 2.04. The van der Waals surface area contributed by atoms with Crippen LogP contribution in [0.2, 0.25) is 0 Å². The van der Waals surface area contributed by atoms with Gasteiger partial charge in [0.25, 0.3) is 0 Å². The van der Waals surface area contributed by atoms with Crippen molar-refractivity contribution in [3.63, 3.8) is 0 Å². The summed E-state index contributed by atoms with van der Waals surface area (Å²) >= 11 is 0. The summed E-state index contributed by atoms with van der Waals surface area (Å²) in [5.41, 5.74) is 2.06. The summed E-state index contributed by atoms with van der Waals surface area (Å²) < 4.78 is 43.1. The van der Waals surface area contributed by atoms with Crippen LogP contribution in [0.15, 0.2) is 34.9 Å². The van der Waals surface area contributed by atoms with Crippen LogP contribution < -0.4 is 0 Å². The molecular formula is C14H11F3N4O2. The zero-order valence-electron chi connectivity index (χ0n) is 11.9. The van der Waals surface area contributed by atoms with E-state index in [4.69, 9.17) is 0 Å². The maximum Gasteiger partial charge on any atom is 0.471 e. The van der Waals surface area contributed by atoms with Crippen molar-refractivity contribution in [2.45, 2.75) is 19.6 Å². The van der Waals surface area contributed by atoms with Gasteiger partial charge in [-0.1, -0.05) is 29.4 Å². The van der Waals surface area contributed by atoms with Crippen molar-refractivity contribution in [3.8, 4) is 17.3 Å². The minimum atomic E-state index is -4.66. The van der Waals surface area contributed by atoms with Gasteiger partial charge in [-0.3, -0.25) is 4.68 Å². The van der Waals surface area contributed by atoms with E-state index >= 15 is 0 Å². The maximum absolute atomic E-state index is 12.4. The molecule has 23 heavy (non-hydrogen) atoms. The lowest BCUT2D eigenvalue weighted by Crippen LogP contribution is -2.05. The number of hydrogen-bond donors (Lipinski definition) is 1. The van der Waals surface area contributed by atoms with Crippen molar-refractivity contribution in [2.24, 2.45) is 0 Å². The summed E-state index contributed by atoms with van der Waals surface area (Å²) in [6.07, 6.45) is -4.66. The highest BCUT2D eigenvalue weighted by molar-refractivity contribution is 5.54. The van der Waals surface area contributed by atoms with Crippen LogP contribution in [-0.2, 0) is 12.7 Å². The largest absolute Gasteiger partial charge is 0.492 e. The Hall–Kier alpha value is -2.84. The van der Waals surface area contributed by atoms with E-state index in [1.54, 1.807) is 35.9 Å². The predicted molar refractivity (Wildman–Crippen MR) is 72.5 cm³/mol. The van der Waals surface area contributed by atoms with Gasteiger partial charge in [-0.15, -0.1) is 5.10 Å². The number of nitrogens with zero attached hydrogens (tertiary/aromatic N) is 4. The quantitative estimate of drug-likeness (QED) is 0.801. The molecule has 0 aliphatic heterocycles. The minimum Gasteiger partial charge on any atom is -0.492 e. The molecule has 0 atom stereocenters. The Labute approximate surface area is 128 Å². The Kier molecular flexibility index (Phi) is 3.55. The number of aryl methyl sites for hydroxylation is 1. The number of rotatable bonds is 3. The van der Waals surface area contributed by atoms with Gasteiger partial charge in [0, 0.05) is 17.3 Å². The highest BCUT2D eigenvalue weighted by Crippen LogP contribution is 2.29.